The normalized spacial score (nSPS) is 13.8. The molecular weight excluding hydrogens is 324 g/mol. The van der Waals surface area contributed by atoms with Crippen LogP contribution in [0.5, 0.6) is 0 Å². The van der Waals surface area contributed by atoms with E-state index in [1.165, 1.54) is 0 Å². The number of benzene rings is 1. The molecule has 0 N–H and O–H groups in total. The molecule has 0 fully saturated rings. The monoisotopic (exact) mass is 344 g/mol. The Bertz CT molecular complexity index is 751. The van der Waals surface area contributed by atoms with E-state index in [0.29, 0.717) is 19.0 Å². The fraction of sp³-hybridized carbons (Fsp3) is 0.368. The highest BCUT2D eigenvalue weighted by atomic mass is 35.5. The fourth-order valence-electron chi connectivity index (χ4n) is 2.68. The number of hydrogen-bond acceptors (Lipinski definition) is 3. The van der Waals surface area contributed by atoms with Gasteiger partial charge in [-0.1, -0.05) is 18.2 Å². The van der Waals surface area contributed by atoms with Crippen LogP contribution in [0.1, 0.15) is 37.5 Å². The predicted molar refractivity (Wildman–Crippen MR) is 94.7 cm³/mol. The molecule has 2 aromatic rings. The zero-order chi connectivity index (χ0) is 17.3. The second-order valence-electron chi connectivity index (χ2n) is 7.01. The van der Waals surface area contributed by atoms with Crippen molar-refractivity contribution in [2.24, 2.45) is 0 Å². The Balaban J connectivity index is 1.77. The van der Waals surface area contributed by atoms with Crippen LogP contribution in [0.25, 0.3) is 11.3 Å². The van der Waals surface area contributed by atoms with Gasteiger partial charge in [-0.25, -0.2) is 4.79 Å². The summed E-state index contributed by atoms with van der Waals surface area (Å²) in [7, 11) is 0. The van der Waals surface area contributed by atoms with E-state index in [1.54, 1.807) is 11.1 Å². The molecule has 1 amide bonds. The summed E-state index contributed by atoms with van der Waals surface area (Å²) in [5, 5.41) is 0. The van der Waals surface area contributed by atoms with Crippen molar-refractivity contribution in [3.05, 3.63) is 53.2 Å². The molecule has 0 saturated heterocycles. The number of aromatic nitrogens is 1. The summed E-state index contributed by atoms with van der Waals surface area (Å²) in [5.74, 6) is 0.461. The van der Waals surface area contributed by atoms with Gasteiger partial charge in [0.2, 0.25) is 0 Å². The minimum atomic E-state index is -0.481. The second-order valence-corrected chi connectivity index (χ2v) is 7.27. The molecule has 0 saturated carbocycles. The van der Waals surface area contributed by atoms with Crippen molar-refractivity contribution in [1.29, 1.82) is 0 Å². The van der Waals surface area contributed by atoms with Crippen LogP contribution in [-0.2, 0) is 23.7 Å². The highest BCUT2D eigenvalue weighted by Gasteiger charge is 2.27. The molecule has 3 rings (SSSR count). The number of nitrogens with zero attached hydrogens (tertiary/aromatic N) is 2. The van der Waals surface area contributed by atoms with Gasteiger partial charge in [-0.05, 0) is 49.6 Å². The third kappa shape index (κ3) is 3.70. The van der Waals surface area contributed by atoms with Crippen LogP contribution in [-0.4, -0.2) is 21.6 Å². The van der Waals surface area contributed by atoms with E-state index in [0.717, 1.165) is 27.9 Å². The molecule has 1 aromatic heterocycles. The van der Waals surface area contributed by atoms with Crippen molar-refractivity contribution in [3.63, 3.8) is 0 Å². The van der Waals surface area contributed by atoms with Crippen LogP contribution >= 0.6 is 11.6 Å². The van der Waals surface area contributed by atoms with Crippen molar-refractivity contribution in [2.75, 3.05) is 0 Å². The number of carbonyl (C=O) groups excluding carboxylic acids is 1. The number of rotatable bonds is 2. The Morgan fingerprint density at radius 1 is 1.21 bits per heavy atom. The highest BCUT2D eigenvalue weighted by molar-refractivity contribution is 6.17. The average molecular weight is 345 g/mol. The largest absolute Gasteiger partial charge is 0.444 e. The molecule has 1 aliphatic rings. The molecule has 0 radical (unpaired) electrons. The number of fused-ring (bicyclic) bond motifs is 1. The summed E-state index contributed by atoms with van der Waals surface area (Å²) in [6.07, 6.45) is 1.52. The first-order valence-electron chi connectivity index (χ1n) is 7.97. The lowest BCUT2D eigenvalue weighted by atomic mass is 10.0. The number of carbonyl (C=O) groups is 1. The molecule has 2 heterocycles. The van der Waals surface area contributed by atoms with E-state index < -0.39 is 5.60 Å². The molecule has 0 spiro atoms. The number of amides is 1. The lowest BCUT2D eigenvalue weighted by Gasteiger charge is -2.24. The predicted octanol–water partition coefficient (Wildman–Crippen LogP) is 4.74. The SMILES string of the molecule is CC(C)(C)OC(=O)N1Cc2ccc(-c3ccc(CCl)cn3)cc2C1. The van der Waals surface area contributed by atoms with Crippen molar-refractivity contribution in [3.8, 4) is 11.3 Å². The Morgan fingerprint density at radius 2 is 1.96 bits per heavy atom. The van der Waals surface area contributed by atoms with Gasteiger partial charge in [0.15, 0.2) is 0 Å². The van der Waals surface area contributed by atoms with Gasteiger partial charge in [-0.15, -0.1) is 11.6 Å². The first-order chi connectivity index (χ1) is 11.4. The quantitative estimate of drug-likeness (QED) is 0.739. The zero-order valence-electron chi connectivity index (χ0n) is 14.2. The molecule has 5 heteroatoms. The van der Waals surface area contributed by atoms with Crippen molar-refractivity contribution < 1.29 is 9.53 Å². The van der Waals surface area contributed by atoms with Crippen molar-refractivity contribution in [1.82, 2.24) is 9.88 Å². The third-order valence-corrected chi connectivity index (χ3v) is 4.16. The van der Waals surface area contributed by atoms with E-state index in [9.17, 15) is 4.79 Å². The van der Waals surface area contributed by atoms with Crippen LogP contribution in [0.3, 0.4) is 0 Å². The summed E-state index contributed by atoms with van der Waals surface area (Å²) < 4.78 is 5.46. The Hall–Kier alpha value is -2.07. The summed E-state index contributed by atoms with van der Waals surface area (Å²) >= 11 is 5.80. The van der Waals surface area contributed by atoms with E-state index in [4.69, 9.17) is 16.3 Å². The van der Waals surface area contributed by atoms with Gasteiger partial charge in [-0.3, -0.25) is 9.88 Å². The van der Waals surface area contributed by atoms with Gasteiger partial charge in [0.25, 0.3) is 0 Å². The maximum atomic E-state index is 12.2. The first-order valence-corrected chi connectivity index (χ1v) is 8.50. The van der Waals surface area contributed by atoms with E-state index >= 15 is 0 Å². The Morgan fingerprint density at radius 3 is 2.58 bits per heavy atom. The maximum absolute atomic E-state index is 12.2. The maximum Gasteiger partial charge on any atom is 0.410 e. The van der Waals surface area contributed by atoms with Gasteiger partial charge in [0.1, 0.15) is 5.60 Å². The van der Waals surface area contributed by atoms with Crippen LogP contribution in [0.4, 0.5) is 4.79 Å². The molecule has 1 aliphatic heterocycles. The minimum Gasteiger partial charge on any atom is -0.444 e. The second kappa shape index (κ2) is 6.44. The Labute approximate surface area is 147 Å². The van der Waals surface area contributed by atoms with Gasteiger partial charge in [-0.2, -0.15) is 0 Å². The van der Waals surface area contributed by atoms with Gasteiger partial charge in [0.05, 0.1) is 5.69 Å². The summed E-state index contributed by atoms with van der Waals surface area (Å²) in [5.41, 5.74) is 4.76. The van der Waals surface area contributed by atoms with Crippen LogP contribution < -0.4 is 0 Å². The molecule has 0 atom stereocenters. The molecular formula is C19H21ClN2O2. The first kappa shape index (κ1) is 16.8. The zero-order valence-corrected chi connectivity index (χ0v) is 14.9. The minimum absolute atomic E-state index is 0.273. The molecule has 0 unspecified atom stereocenters. The average Bonchev–Trinajstić information content (AvgIpc) is 2.96. The van der Waals surface area contributed by atoms with Crippen LogP contribution in [0, 0.1) is 0 Å². The fourth-order valence-corrected chi connectivity index (χ4v) is 2.84. The molecule has 126 valence electrons. The highest BCUT2D eigenvalue weighted by Crippen LogP contribution is 2.29. The number of alkyl halides is 1. The van der Waals surface area contributed by atoms with Crippen LogP contribution in [0.2, 0.25) is 0 Å². The third-order valence-electron chi connectivity index (χ3n) is 3.86. The van der Waals surface area contributed by atoms with Gasteiger partial charge in [0, 0.05) is 30.7 Å². The van der Waals surface area contributed by atoms with E-state index in [-0.39, 0.29) is 6.09 Å². The van der Waals surface area contributed by atoms with Crippen molar-refractivity contribution >= 4 is 17.7 Å². The molecule has 1 aromatic carbocycles. The smallest absolute Gasteiger partial charge is 0.410 e. The number of halogens is 1. The lowest BCUT2D eigenvalue weighted by Crippen LogP contribution is -2.33. The molecule has 0 aliphatic carbocycles. The van der Waals surface area contributed by atoms with Gasteiger partial charge >= 0.3 is 6.09 Å². The Kier molecular flexibility index (Phi) is 4.50. The standard InChI is InChI=1S/C19H21ClN2O2/c1-19(2,3)24-18(23)22-11-15-6-5-14(8-16(15)12-22)17-7-4-13(9-20)10-21-17/h4-8,10H,9,11-12H2,1-3H3. The van der Waals surface area contributed by atoms with Crippen LogP contribution in [0.15, 0.2) is 36.5 Å². The van der Waals surface area contributed by atoms with Gasteiger partial charge < -0.3 is 4.74 Å². The van der Waals surface area contributed by atoms with Crippen molar-refractivity contribution in [2.45, 2.75) is 45.3 Å². The lowest BCUT2D eigenvalue weighted by molar-refractivity contribution is 0.0242. The number of ether oxygens (including phenoxy) is 1. The molecule has 0 bridgehead atoms. The molecule has 4 nitrogen and oxygen atoms in total. The number of pyridine rings is 1. The van der Waals surface area contributed by atoms with E-state index in [2.05, 4.69) is 17.1 Å². The molecule has 24 heavy (non-hydrogen) atoms. The van der Waals surface area contributed by atoms with E-state index in [1.807, 2.05) is 39.0 Å². The summed E-state index contributed by atoms with van der Waals surface area (Å²) in [6.45, 7) is 6.79. The number of hydrogen-bond donors (Lipinski definition) is 0. The summed E-state index contributed by atoms with van der Waals surface area (Å²) in [4.78, 5) is 18.4. The topological polar surface area (TPSA) is 42.4 Å². The summed E-state index contributed by atoms with van der Waals surface area (Å²) in [6, 6.07) is 10.2.